The number of nitrogens with one attached hydrogen (secondary N) is 1. The van der Waals surface area contributed by atoms with Gasteiger partial charge in [0, 0.05) is 44.2 Å². The molecule has 4 rings (SSSR count). The molecule has 3 N–H and O–H groups in total. The number of benzene rings is 1. The van der Waals surface area contributed by atoms with E-state index in [4.69, 9.17) is 5.73 Å². The van der Waals surface area contributed by atoms with Crippen LogP contribution < -0.4 is 16.0 Å². The molecule has 1 atom stereocenters. The van der Waals surface area contributed by atoms with E-state index < -0.39 is 0 Å². The summed E-state index contributed by atoms with van der Waals surface area (Å²) in [6, 6.07) is 10.9. The predicted octanol–water partition coefficient (Wildman–Crippen LogP) is 1.39. The summed E-state index contributed by atoms with van der Waals surface area (Å²) in [7, 11) is 2.16. The number of piperazine rings is 1. The highest BCUT2D eigenvalue weighted by Gasteiger charge is 2.29. The molecule has 1 fully saturated rings. The minimum Gasteiger partial charge on any atom is -0.368 e. The SMILES string of the molecule is CN1CCN(c2nc(N)nc3c2CC(Cc2ccccc2)N3)CC1. The Kier molecular flexibility index (Phi) is 3.98. The fraction of sp³-hybridized carbons (Fsp3) is 0.444. The maximum absolute atomic E-state index is 5.96. The molecule has 2 aliphatic rings. The van der Waals surface area contributed by atoms with E-state index in [9.17, 15) is 0 Å². The van der Waals surface area contributed by atoms with Crippen LogP contribution in [0, 0.1) is 0 Å². The Morgan fingerprint density at radius 3 is 2.62 bits per heavy atom. The van der Waals surface area contributed by atoms with Gasteiger partial charge in [0.25, 0.3) is 0 Å². The van der Waals surface area contributed by atoms with Gasteiger partial charge in [-0.15, -0.1) is 0 Å². The first-order valence-corrected chi connectivity index (χ1v) is 8.59. The summed E-state index contributed by atoms with van der Waals surface area (Å²) < 4.78 is 0. The van der Waals surface area contributed by atoms with Gasteiger partial charge in [-0.1, -0.05) is 30.3 Å². The van der Waals surface area contributed by atoms with Gasteiger partial charge in [0.15, 0.2) is 0 Å². The van der Waals surface area contributed by atoms with Gasteiger partial charge in [-0.2, -0.15) is 9.97 Å². The lowest BCUT2D eigenvalue weighted by Crippen LogP contribution is -2.45. The van der Waals surface area contributed by atoms with Crippen molar-refractivity contribution in [2.24, 2.45) is 0 Å². The number of aromatic nitrogens is 2. The minimum absolute atomic E-state index is 0.352. The highest BCUT2D eigenvalue weighted by Crippen LogP contribution is 2.33. The lowest BCUT2D eigenvalue weighted by molar-refractivity contribution is 0.312. The molecule has 6 heteroatoms. The molecule has 0 spiro atoms. The van der Waals surface area contributed by atoms with Crippen LogP contribution in [0.25, 0.3) is 0 Å². The van der Waals surface area contributed by atoms with Crippen LogP contribution in [0.15, 0.2) is 30.3 Å². The van der Waals surface area contributed by atoms with Gasteiger partial charge < -0.3 is 20.9 Å². The Hall–Kier alpha value is -2.34. The second-order valence-corrected chi connectivity index (χ2v) is 6.76. The van der Waals surface area contributed by atoms with Crippen molar-refractivity contribution in [2.45, 2.75) is 18.9 Å². The van der Waals surface area contributed by atoms with E-state index in [1.807, 2.05) is 0 Å². The lowest BCUT2D eigenvalue weighted by Gasteiger charge is -2.34. The van der Waals surface area contributed by atoms with Crippen LogP contribution in [0.1, 0.15) is 11.1 Å². The van der Waals surface area contributed by atoms with Gasteiger partial charge in [-0.3, -0.25) is 0 Å². The Balaban J connectivity index is 1.55. The number of rotatable bonds is 3. The average molecular weight is 324 g/mol. The van der Waals surface area contributed by atoms with Crippen molar-refractivity contribution in [2.75, 3.05) is 49.2 Å². The highest BCUT2D eigenvalue weighted by atomic mass is 15.3. The van der Waals surface area contributed by atoms with E-state index >= 15 is 0 Å². The molecule has 1 aromatic carbocycles. The molecular formula is C18H24N6. The quantitative estimate of drug-likeness (QED) is 0.889. The number of nitrogens with zero attached hydrogens (tertiary/aromatic N) is 4. The summed E-state index contributed by atoms with van der Waals surface area (Å²) in [5.74, 6) is 2.29. The molecule has 2 aromatic rings. The van der Waals surface area contributed by atoms with Gasteiger partial charge in [0.05, 0.1) is 0 Å². The third-order valence-corrected chi connectivity index (χ3v) is 4.92. The van der Waals surface area contributed by atoms with E-state index in [2.05, 4.69) is 62.5 Å². The number of hydrogen-bond donors (Lipinski definition) is 2. The largest absolute Gasteiger partial charge is 0.368 e. The molecule has 1 unspecified atom stereocenters. The number of likely N-dealkylation sites (N-methyl/N-ethyl adjacent to an activating group) is 1. The zero-order valence-electron chi connectivity index (χ0n) is 14.1. The van der Waals surface area contributed by atoms with Crippen molar-refractivity contribution < 1.29 is 0 Å². The number of fused-ring (bicyclic) bond motifs is 1. The Bertz CT molecular complexity index is 709. The second kappa shape index (κ2) is 6.28. The van der Waals surface area contributed by atoms with E-state index in [-0.39, 0.29) is 0 Å². The molecule has 0 radical (unpaired) electrons. The van der Waals surface area contributed by atoms with Crippen molar-refractivity contribution in [3.05, 3.63) is 41.5 Å². The maximum atomic E-state index is 5.96. The van der Waals surface area contributed by atoms with Crippen LogP contribution in [-0.4, -0.2) is 54.1 Å². The summed E-state index contributed by atoms with van der Waals surface area (Å²) >= 11 is 0. The molecule has 0 aliphatic carbocycles. The predicted molar refractivity (Wildman–Crippen MR) is 97.4 cm³/mol. The minimum atomic E-state index is 0.352. The van der Waals surface area contributed by atoms with E-state index in [1.54, 1.807) is 0 Å². The summed E-state index contributed by atoms with van der Waals surface area (Å²) in [6.45, 7) is 4.09. The first kappa shape index (κ1) is 15.2. The fourth-order valence-corrected chi connectivity index (χ4v) is 3.59. The Labute approximate surface area is 142 Å². The number of hydrogen-bond acceptors (Lipinski definition) is 6. The lowest BCUT2D eigenvalue weighted by atomic mass is 10.0. The van der Waals surface area contributed by atoms with E-state index in [1.165, 1.54) is 11.1 Å². The molecule has 24 heavy (non-hydrogen) atoms. The van der Waals surface area contributed by atoms with Crippen LogP contribution in [0.5, 0.6) is 0 Å². The third kappa shape index (κ3) is 3.01. The van der Waals surface area contributed by atoms with Crippen molar-refractivity contribution in [3.8, 4) is 0 Å². The molecule has 1 aromatic heterocycles. The summed E-state index contributed by atoms with van der Waals surface area (Å²) in [5.41, 5.74) is 8.52. The highest BCUT2D eigenvalue weighted by molar-refractivity contribution is 5.65. The molecule has 0 saturated carbocycles. The van der Waals surface area contributed by atoms with Crippen molar-refractivity contribution in [1.29, 1.82) is 0 Å². The van der Waals surface area contributed by atoms with Gasteiger partial charge in [0.1, 0.15) is 11.6 Å². The summed E-state index contributed by atoms with van der Waals surface area (Å²) in [6.07, 6.45) is 1.94. The summed E-state index contributed by atoms with van der Waals surface area (Å²) in [4.78, 5) is 13.7. The monoisotopic (exact) mass is 324 g/mol. The molecule has 126 valence electrons. The van der Waals surface area contributed by atoms with Crippen LogP contribution in [0.2, 0.25) is 0 Å². The molecule has 2 aliphatic heterocycles. The van der Waals surface area contributed by atoms with Gasteiger partial charge in [-0.05, 0) is 19.0 Å². The third-order valence-electron chi connectivity index (χ3n) is 4.92. The average Bonchev–Trinajstić information content (AvgIpc) is 2.98. The van der Waals surface area contributed by atoms with Crippen LogP contribution in [-0.2, 0) is 12.8 Å². The molecule has 1 saturated heterocycles. The van der Waals surface area contributed by atoms with Crippen LogP contribution >= 0.6 is 0 Å². The number of anilines is 3. The standard InChI is InChI=1S/C18H24N6/c1-23-7-9-24(10-8-23)17-15-12-14(11-13-5-3-2-4-6-13)20-16(15)21-18(19)22-17/h2-6,14H,7-12H2,1H3,(H3,19,20,21,22). The van der Waals surface area contributed by atoms with E-state index in [0.29, 0.717) is 12.0 Å². The van der Waals surface area contributed by atoms with Crippen LogP contribution in [0.4, 0.5) is 17.6 Å². The van der Waals surface area contributed by atoms with Crippen LogP contribution in [0.3, 0.4) is 0 Å². The van der Waals surface area contributed by atoms with Crippen molar-refractivity contribution >= 4 is 17.6 Å². The second-order valence-electron chi connectivity index (χ2n) is 6.76. The normalized spacial score (nSPS) is 20.7. The van der Waals surface area contributed by atoms with Gasteiger partial charge >= 0.3 is 0 Å². The molecule has 3 heterocycles. The first-order valence-electron chi connectivity index (χ1n) is 8.59. The number of nitrogens with two attached hydrogens (primary N) is 1. The fourth-order valence-electron chi connectivity index (χ4n) is 3.59. The van der Waals surface area contributed by atoms with Crippen molar-refractivity contribution in [3.63, 3.8) is 0 Å². The zero-order valence-corrected chi connectivity index (χ0v) is 14.1. The smallest absolute Gasteiger partial charge is 0.223 e. The summed E-state index contributed by atoms with van der Waals surface area (Å²) in [5, 5.41) is 3.54. The van der Waals surface area contributed by atoms with Gasteiger partial charge in [-0.25, -0.2) is 0 Å². The maximum Gasteiger partial charge on any atom is 0.223 e. The van der Waals surface area contributed by atoms with Crippen molar-refractivity contribution in [1.82, 2.24) is 14.9 Å². The van der Waals surface area contributed by atoms with Gasteiger partial charge in [0.2, 0.25) is 5.95 Å². The Morgan fingerprint density at radius 2 is 1.88 bits per heavy atom. The molecule has 0 bridgehead atoms. The molecular weight excluding hydrogens is 300 g/mol. The first-order chi connectivity index (χ1) is 11.7. The zero-order chi connectivity index (χ0) is 16.5. The van der Waals surface area contributed by atoms with E-state index in [0.717, 1.165) is 50.7 Å². The Morgan fingerprint density at radius 1 is 1.12 bits per heavy atom. The topological polar surface area (TPSA) is 70.3 Å². The number of nitrogen functional groups attached to an aromatic ring is 1. The molecule has 6 nitrogen and oxygen atoms in total. The molecule has 0 amide bonds.